The van der Waals surface area contributed by atoms with Crippen LogP contribution in [0.1, 0.15) is 44.2 Å². The zero-order chi connectivity index (χ0) is 26.2. The van der Waals surface area contributed by atoms with Gasteiger partial charge in [0, 0.05) is 45.7 Å². The van der Waals surface area contributed by atoms with Crippen LogP contribution in [0.2, 0.25) is 0 Å². The van der Waals surface area contributed by atoms with E-state index in [0.29, 0.717) is 61.7 Å². The van der Waals surface area contributed by atoms with Crippen LogP contribution in [0.25, 0.3) is 22.4 Å². The summed E-state index contributed by atoms with van der Waals surface area (Å²) in [6, 6.07) is 4.70. The molecule has 0 radical (unpaired) electrons. The standard InChI is InChI=1S/C25H34N6O5S/c1-3-36-20-9-8-18(37(34,35)31-12-10-30(11-13-31)14-15-32)16-19(20)24-26-22-21(17-6-4-5-7-17)28-29(2)23(22)25(33)27-24/h8-9,16-17,32H,3-7,10-15H2,1-2H3,(H,26,27,33). The van der Waals surface area contributed by atoms with Gasteiger partial charge in [0.25, 0.3) is 5.56 Å². The number of nitrogens with one attached hydrogen (secondary N) is 1. The van der Waals surface area contributed by atoms with E-state index in [9.17, 15) is 18.3 Å². The van der Waals surface area contributed by atoms with Crippen LogP contribution in [0.15, 0.2) is 27.9 Å². The molecule has 0 atom stereocenters. The monoisotopic (exact) mass is 530 g/mol. The number of nitrogens with zero attached hydrogens (tertiary/aromatic N) is 5. The number of sulfonamides is 1. The van der Waals surface area contributed by atoms with Crippen LogP contribution in [0.5, 0.6) is 5.75 Å². The lowest BCUT2D eigenvalue weighted by molar-refractivity contribution is 0.151. The molecule has 5 rings (SSSR count). The highest BCUT2D eigenvalue weighted by atomic mass is 32.2. The summed E-state index contributed by atoms with van der Waals surface area (Å²) in [5.41, 5.74) is 1.89. The van der Waals surface area contributed by atoms with E-state index in [2.05, 4.69) is 10.1 Å². The number of H-pyrrole nitrogens is 1. The number of rotatable bonds is 8. The number of aryl methyl sites for hydroxylation is 1. The van der Waals surface area contributed by atoms with Crippen LogP contribution < -0.4 is 10.3 Å². The third-order valence-corrected chi connectivity index (χ3v) is 9.25. The quantitative estimate of drug-likeness (QED) is 0.449. The van der Waals surface area contributed by atoms with E-state index in [1.54, 1.807) is 17.8 Å². The second kappa shape index (κ2) is 10.5. The average Bonchev–Trinajstić information content (AvgIpc) is 3.53. The van der Waals surface area contributed by atoms with Crippen molar-refractivity contribution in [2.24, 2.45) is 7.05 Å². The SMILES string of the molecule is CCOc1ccc(S(=O)(=O)N2CCN(CCO)CC2)cc1-c1nc2c(C3CCCC3)nn(C)c2c(=O)[nH]1. The first-order valence-electron chi connectivity index (χ1n) is 12.9. The third kappa shape index (κ3) is 4.90. The lowest BCUT2D eigenvalue weighted by Crippen LogP contribution is -2.49. The largest absolute Gasteiger partial charge is 0.493 e. The molecule has 0 bridgehead atoms. The molecular formula is C25H34N6O5S. The molecule has 1 aliphatic heterocycles. The van der Waals surface area contributed by atoms with Gasteiger partial charge in [-0.2, -0.15) is 9.40 Å². The first kappa shape index (κ1) is 25.8. The fourth-order valence-corrected chi connectivity index (χ4v) is 6.88. The molecular weight excluding hydrogens is 496 g/mol. The molecule has 2 aromatic heterocycles. The Morgan fingerprint density at radius 3 is 2.57 bits per heavy atom. The van der Waals surface area contributed by atoms with E-state index in [4.69, 9.17) is 9.72 Å². The summed E-state index contributed by atoms with van der Waals surface area (Å²) in [6.45, 7) is 4.58. The summed E-state index contributed by atoms with van der Waals surface area (Å²) in [6.07, 6.45) is 4.28. The molecule has 0 spiro atoms. The molecule has 2 fully saturated rings. The molecule has 2 aliphatic rings. The number of aromatic nitrogens is 4. The summed E-state index contributed by atoms with van der Waals surface area (Å²) in [4.78, 5) is 23.0. The summed E-state index contributed by atoms with van der Waals surface area (Å²) < 4.78 is 35.9. The second-order valence-corrected chi connectivity index (χ2v) is 11.6. The van der Waals surface area contributed by atoms with Crippen LogP contribution in [-0.2, 0) is 17.1 Å². The van der Waals surface area contributed by atoms with Crippen molar-refractivity contribution < 1.29 is 18.3 Å². The smallest absolute Gasteiger partial charge is 0.277 e. The highest BCUT2D eigenvalue weighted by Gasteiger charge is 2.30. The van der Waals surface area contributed by atoms with Gasteiger partial charge in [0.15, 0.2) is 5.52 Å². The summed E-state index contributed by atoms with van der Waals surface area (Å²) >= 11 is 0. The number of piperazine rings is 1. The van der Waals surface area contributed by atoms with Crippen molar-refractivity contribution in [2.45, 2.75) is 43.4 Å². The third-order valence-electron chi connectivity index (χ3n) is 7.35. The minimum absolute atomic E-state index is 0.0456. The lowest BCUT2D eigenvalue weighted by Gasteiger charge is -2.33. The van der Waals surface area contributed by atoms with Crippen molar-refractivity contribution in [1.82, 2.24) is 29.0 Å². The minimum atomic E-state index is -3.78. The summed E-state index contributed by atoms with van der Waals surface area (Å²) in [5, 5.41) is 13.8. The van der Waals surface area contributed by atoms with Gasteiger partial charge in [0.1, 0.15) is 17.1 Å². The van der Waals surface area contributed by atoms with Gasteiger partial charge >= 0.3 is 0 Å². The Balaban J connectivity index is 1.57. The molecule has 1 aliphatic carbocycles. The normalized spacial score (nSPS) is 18.1. The number of fused-ring (bicyclic) bond motifs is 1. The molecule has 0 unspecified atom stereocenters. The number of hydrogen-bond acceptors (Lipinski definition) is 8. The second-order valence-electron chi connectivity index (χ2n) is 9.66. The molecule has 2 N–H and O–H groups in total. The van der Waals surface area contributed by atoms with Crippen LogP contribution >= 0.6 is 0 Å². The van der Waals surface area contributed by atoms with Gasteiger partial charge in [-0.3, -0.25) is 14.4 Å². The first-order valence-corrected chi connectivity index (χ1v) is 14.3. The molecule has 1 saturated heterocycles. The zero-order valence-electron chi connectivity index (χ0n) is 21.3. The van der Waals surface area contributed by atoms with Gasteiger partial charge in [0.2, 0.25) is 10.0 Å². The summed E-state index contributed by atoms with van der Waals surface area (Å²) in [5.74, 6) is 0.967. The number of ether oxygens (including phenoxy) is 1. The number of benzene rings is 1. The van der Waals surface area contributed by atoms with Gasteiger partial charge < -0.3 is 14.8 Å². The topological polar surface area (TPSA) is 134 Å². The number of aliphatic hydroxyl groups excluding tert-OH is 1. The molecule has 0 amide bonds. The van der Waals surface area contributed by atoms with Crippen molar-refractivity contribution in [3.63, 3.8) is 0 Å². The molecule has 11 nitrogen and oxygen atoms in total. The fraction of sp³-hybridized carbons (Fsp3) is 0.560. The number of hydrogen-bond donors (Lipinski definition) is 2. The Bertz CT molecular complexity index is 1440. The zero-order valence-corrected chi connectivity index (χ0v) is 22.1. The van der Waals surface area contributed by atoms with Crippen LogP contribution in [0.4, 0.5) is 0 Å². The average molecular weight is 531 g/mol. The molecule has 1 aromatic carbocycles. The highest BCUT2D eigenvalue weighted by Crippen LogP contribution is 2.37. The fourth-order valence-electron chi connectivity index (χ4n) is 5.43. The van der Waals surface area contributed by atoms with Gasteiger partial charge in [-0.25, -0.2) is 13.4 Å². The Morgan fingerprint density at radius 2 is 1.89 bits per heavy atom. The molecule has 1 saturated carbocycles. The van der Waals surface area contributed by atoms with Crippen LogP contribution in [-0.4, -0.2) is 88.4 Å². The van der Waals surface area contributed by atoms with Gasteiger partial charge in [0.05, 0.1) is 29.4 Å². The number of aliphatic hydroxyl groups is 1. The molecule has 200 valence electrons. The predicted octanol–water partition coefficient (Wildman–Crippen LogP) is 1.68. The lowest BCUT2D eigenvalue weighted by atomic mass is 10.0. The van der Waals surface area contributed by atoms with E-state index in [-0.39, 0.29) is 28.8 Å². The minimum Gasteiger partial charge on any atom is -0.493 e. The van der Waals surface area contributed by atoms with Crippen molar-refractivity contribution in [3.8, 4) is 17.1 Å². The first-order chi connectivity index (χ1) is 17.8. The van der Waals surface area contributed by atoms with Gasteiger partial charge in [-0.15, -0.1) is 0 Å². The molecule has 37 heavy (non-hydrogen) atoms. The van der Waals surface area contributed by atoms with Crippen molar-refractivity contribution >= 4 is 21.1 Å². The van der Waals surface area contributed by atoms with E-state index in [1.807, 2.05) is 11.8 Å². The van der Waals surface area contributed by atoms with E-state index in [1.165, 1.54) is 16.4 Å². The van der Waals surface area contributed by atoms with Crippen LogP contribution in [0, 0.1) is 0 Å². The predicted molar refractivity (Wildman–Crippen MR) is 139 cm³/mol. The summed E-state index contributed by atoms with van der Waals surface area (Å²) in [7, 11) is -2.03. The van der Waals surface area contributed by atoms with E-state index >= 15 is 0 Å². The number of aromatic amines is 1. The Kier molecular flexibility index (Phi) is 7.35. The maximum Gasteiger partial charge on any atom is 0.277 e. The van der Waals surface area contributed by atoms with Crippen LogP contribution in [0.3, 0.4) is 0 Å². The van der Waals surface area contributed by atoms with Gasteiger partial charge in [-0.05, 0) is 38.0 Å². The number of β-amino-alcohol motifs (C(OH)–C–C–N with tert-alkyl or cyclic N) is 1. The highest BCUT2D eigenvalue weighted by molar-refractivity contribution is 7.89. The Labute approximate surface area is 216 Å². The Hall–Kier alpha value is -2.80. The van der Waals surface area contributed by atoms with Gasteiger partial charge in [-0.1, -0.05) is 12.8 Å². The maximum atomic E-state index is 13.5. The van der Waals surface area contributed by atoms with Crippen molar-refractivity contribution in [1.29, 1.82) is 0 Å². The molecule has 12 heteroatoms. The van der Waals surface area contributed by atoms with E-state index in [0.717, 1.165) is 31.4 Å². The molecule has 3 heterocycles. The van der Waals surface area contributed by atoms with E-state index < -0.39 is 10.0 Å². The van der Waals surface area contributed by atoms with Crippen molar-refractivity contribution in [3.05, 3.63) is 34.2 Å². The maximum absolute atomic E-state index is 13.5. The Morgan fingerprint density at radius 1 is 1.16 bits per heavy atom. The van der Waals surface area contributed by atoms with Crippen molar-refractivity contribution in [2.75, 3.05) is 45.9 Å². The molecule has 3 aromatic rings.